The molecule has 2 heterocycles. The highest BCUT2D eigenvalue weighted by Crippen LogP contribution is 2.54. The fourth-order valence-electron chi connectivity index (χ4n) is 8.53. The molecule has 13 nitrogen and oxygen atoms in total. The Morgan fingerprint density at radius 3 is 1.62 bits per heavy atom. The zero-order valence-electron chi connectivity index (χ0n) is 35.2. The van der Waals surface area contributed by atoms with Crippen LogP contribution in [0.25, 0.3) is 0 Å². The number of carboxylic acids is 1. The molecule has 2 aromatic carbocycles. The van der Waals surface area contributed by atoms with Crippen molar-refractivity contribution in [1.29, 1.82) is 0 Å². The second kappa shape index (κ2) is 21.2. The molecule has 2 aliphatic rings. The minimum absolute atomic E-state index is 0.0265. The zero-order chi connectivity index (χ0) is 48.9. The van der Waals surface area contributed by atoms with E-state index in [0.29, 0.717) is 0 Å². The lowest BCUT2D eigenvalue weighted by molar-refractivity contribution is -0.440. The van der Waals surface area contributed by atoms with Gasteiger partial charge in [-0.25, -0.2) is 30.7 Å². The van der Waals surface area contributed by atoms with Gasteiger partial charge in [0.2, 0.25) is 11.6 Å². The van der Waals surface area contributed by atoms with E-state index in [-0.39, 0.29) is 102 Å². The van der Waals surface area contributed by atoms with Crippen molar-refractivity contribution in [2.24, 2.45) is 0 Å². The Kier molecular flexibility index (Phi) is 17.4. The lowest BCUT2D eigenvalue weighted by atomic mass is 9.75. The van der Waals surface area contributed by atoms with Crippen molar-refractivity contribution in [3.05, 3.63) is 93.7 Å². The molecule has 0 radical (unpaired) electrons. The monoisotopic (exact) mass is 993 g/mol. The summed E-state index contributed by atoms with van der Waals surface area (Å²) in [6, 6.07) is 0. The molecule has 362 valence electrons. The van der Waals surface area contributed by atoms with Gasteiger partial charge in [0, 0.05) is 42.1 Å². The normalized spacial score (nSPS) is 19.7. The number of unbranched alkanes of at least 4 members (excludes halogenated alkanes) is 5. The molecule has 0 bridgehead atoms. The van der Waals surface area contributed by atoms with Crippen molar-refractivity contribution in [2.45, 2.75) is 102 Å². The van der Waals surface area contributed by atoms with Crippen LogP contribution in [0.1, 0.15) is 102 Å². The molecule has 0 saturated heterocycles. The van der Waals surface area contributed by atoms with Crippen molar-refractivity contribution in [3.63, 3.8) is 0 Å². The van der Waals surface area contributed by atoms with Crippen molar-refractivity contribution in [2.75, 3.05) is 35.2 Å². The van der Waals surface area contributed by atoms with E-state index in [9.17, 15) is 61.3 Å². The summed E-state index contributed by atoms with van der Waals surface area (Å²) in [5, 5.41) is 9.06. The van der Waals surface area contributed by atoms with Crippen LogP contribution in [0.15, 0.2) is 36.1 Å². The highest BCUT2D eigenvalue weighted by molar-refractivity contribution is 7.86. The smallest absolute Gasteiger partial charge is 0.303 e. The first kappa shape index (κ1) is 53.4. The SMILES string of the molecule is CC1(CCCCS(=O)(=O)O)C(/C=C/C=C/C=C2/N(CCCCCC(=O)O)c3c(F)c(F)c(F)c(F)c3C2(C)CCCCS(=O)(=O)O)=[N+](CCCCS(=O)(=O)O)c2c(F)c(F)c(F)c(F)c21. The highest BCUT2D eigenvalue weighted by atomic mass is 32.2. The zero-order valence-corrected chi connectivity index (χ0v) is 37.6. The van der Waals surface area contributed by atoms with Crippen molar-refractivity contribution in [1.82, 2.24) is 0 Å². The second-order valence-electron chi connectivity index (χ2n) is 16.3. The summed E-state index contributed by atoms with van der Waals surface area (Å²) in [4.78, 5) is 12.3. The number of hydrogen-bond donors (Lipinski definition) is 4. The molecule has 4 rings (SSSR count). The van der Waals surface area contributed by atoms with Gasteiger partial charge in [-0.2, -0.15) is 34.2 Å². The molecular weight excluding hydrogens is 945 g/mol. The van der Waals surface area contributed by atoms with Gasteiger partial charge < -0.3 is 10.0 Å². The van der Waals surface area contributed by atoms with E-state index in [1.807, 2.05) is 0 Å². The Labute approximate surface area is 371 Å². The van der Waals surface area contributed by atoms with Crippen LogP contribution in [0.4, 0.5) is 46.5 Å². The quantitative estimate of drug-likeness (QED) is 0.0149. The Morgan fingerprint density at radius 1 is 0.585 bits per heavy atom. The number of hydrogen-bond acceptors (Lipinski definition) is 8. The predicted octanol–water partition coefficient (Wildman–Crippen LogP) is 8.36. The maximum absolute atomic E-state index is 15.8. The average Bonchev–Trinajstić information content (AvgIpc) is 3.59. The van der Waals surface area contributed by atoms with Gasteiger partial charge in [-0.15, -0.1) is 0 Å². The largest absolute Gasteiger partial charge is 0.481 e. The summed E-state index contributed by atoms with van der Waals surface area (Å²) < 4.78 is 220. The van der Waals surface area contributed by atoms with E-state index in [4.69, 9.17) is 5.11 Å². The number of allylic oxidation sites excluding steroid dienone is 6. The Morgan fingerprint density at radius 2 is 1.08 bits per heavy atom. The first-order valence-electron chi connectivity index (χ1n) is 20.4. The van der Waals surface area contributed by atoms with Crippen LogP contribution in [0, 0.1) is 46.5 Å². The number of aliphatic carboxylic acids is 1. The van der Waals surface area contributed by atoms with Gasteiger partial charge >= 0.3 is 5.97 Å². The lowest BCUT2D eigenvalue weighted by Gasteiger charge is -2.30. The second-order valence-corrected chi connectivity index (χ2v) is 21.0. The number of carbonyl (C=O) groups is 1. The predicted molar refractivity (Wildman–Crippen MR) is 223 cm³/mol. The Hall–Kier alpha value is -4.23. The Balaban J connectivity index is 1.88. The van der Waals surface area contributed by atoms with Gasteiger partial charge in [0.05, 0.1) is 33.9 Å². The molecular formula is C41H49F8N2O11S3+. The van der Waals surface area contributed by atoms with Crippen LogP contribution in [-0.4, -0.2) is 90.6 Å². The molecule has 2 unspecified atom stereocenters. The van der Waals surface area contributed by atoms with E-state index >= 15 is 17.6 Å². The third-order valence-corrected chi connectivity index (χ3v) is 13.9. The standard InChI is InChI=1S/C41H48F8N2O11S3/c1-40(18-8-12-22-63(54,55)56)25(50(20-10-4-7-17-27(52)53)38-28(40)30(42)32(44)34(46)36(38)48)15-5-3-6-16-26-41(2,19-9-13-23-64(57,58)59)29-31(43)33(45)35(47)37(49)39(29)51(26)21-11-14-24-65(60,61)62/h3,5-6,15-16H,4,7-14,17-24H2,1-2H3,(H3-,52,53,54,55,56,57,58,59,60,61,62)/p+1. The van der Waals surface area contributed by atoms with Gasteiger partial charge in [0.15, 0.2) is 40.6 Å². The summed E-state index contributed by atoms with van der Waals surface area (Å²) in [6.45, 7) is 2.19. The fourth-order valence-corrected chi connectivity index (χ4v) is 10.2. The van der Waals surface area contributed by atoms with Gasteiger partial charge in [-0.3, -0.25) is 18.5 Å². The molecule has 0 fully saturated rings. The third kappa shape index (κ3) is 12.6. The molecule has 2 aromatic rings. The molecule has 0 aliphatic carbocycles. The lowest BCUT2D eigenvalue weighted by Crippen LogP contribution is -2.32. The van der Waals surface area contributed by atoms with Crippen LogP contribution in [-0.2, 0) is 46.0 Å². The van der Waals surface area contributed by atoms with E-state index in [1.54, 1.807) is 0 Å². The van der Waals surface area contributed by atoms with Crippen LogP contribution in [0.5, 0.6) is 0 Å². The van der Waals surface area contributed by atoms with E-state index < -0.39 is 133 Å². The maximum Gasteiger partial charge on any atom is 0.303 e. The fraction of sp³-hybridized carbons (Fsp3) is 0.512. The number of rotatable bonds is 24. The van der Waals surface area contributed by atoms with E-state index in [0.717, 1.165) is 4.58 Å². The molecule has 0 aromatic heterocycles. The Bertz CT molecular complexity index is 2640. The van der Waals surface area contributed by atoms with Crippen LogP contribution in [0.3, 0.4) is 0 Å². The van der Waals surface area contributed by atoms with Crippen molar-refractivity contribution >= 4 is 53.4 Å². The molecule has 4 N–H and O–H groups in total. The minimum Gasteiger partial charge on any atom is -0.481 e. The number of benzene rings is 2. The molecule has 65 heavy (non-hydrogen) atoms. The molecule has 24 heteroatoms. The summed E-state index contributed by atoms with van der Waals surface area (Å²) in [6.07, 6.45) is 5.44. The third-order valence-electron chi connectivity index (χ3n) is 11.5. The molecule has 0 amide bonds. The summed E-state index contributed by atoms with van der Waals surface area (Å²) in [7, 11) is -13.4. The van der Waals surface area contributed by atoms with Gasteiger partial charge in [-0.1, -0.05) is 37.5 Å². The topological polar surface area (TPSA) is 207 Å². The summed E-state index contributed by atoms with van der Waals surface area (Å²) >= 11 is 0. The summed E-state index contributed by atoms with van der Waals surface area (Å²) in [5.41, 5.74) is -6.10. The first-order chi connectivity index (χ1) is 30.1. The number of nitrogens with zero attached hydrogens (tertiary/aromatic N) is 2. The molecule has 0 spiro atoms. The first-order valence-corrected chi connectivity index (χ1v) is 25.2. The van der Waals surface area contributed by atoms with Gasteiger partial charge in [0.25, 0.3) is 36.0 Å². The number of anilines is 1. The van der Waals surface area contributed by atoms with E-state index in [1.165, 1.54) is 49.1 Å². The van der Waals surface area contributed by atoms with Gasteiger partial charge in [0.1, 0.15) is 6.54 Å². The van der Waals surface area contributed by atoms with Crippen LogP contribution >= 0.6 is 0 Å². The highest BCUT2D eigenvalue weighted by Gasteiger charge is 2.53. The molecule has 0 saturated carbocycles. The number of fused-ring (bicyclic) bond motifs is 2. The van der Waals surface area contributed by atoms with E-state index in [2.05, 4.69) is 0 Å². The maximum atomic E-state index is 15.8. The minimum atomic E-state index is -4.47. The molecule has 2 aliphatic heterocycles. The summed E-state index contributed by atoms with van der Waals surface area (Å²) in [5.74, 6) is -18.8. The number of carboxylic acid groups (broad SMARTS) is 1. The van der Waals surface area contributed by atoms with Crippen LogP contribution < -0.4 is 4.90 Å². The molecule has 2 atom stereocenters. The van der Waals surface area contributed by atoms with Crippen molar-refractivity contribution in [3.8, 4) is 0 Å². The average molecular weight is 994 g/mol. The number of halogens is 8. The van der Waals surface area contributed by atoms with Crippen molar-refractivity contribution < 1.29 is 88.5 Å². The van der Waals surface area contributed by atoms with Crippen LogP contribution in [0.2, 0.25) is 0 Å². The van der Waals surface area contributed by atoms with Gasteiger partial charge in [-0.05, 0) is 64.9 Å².